The third-order valence-corrected chi connectivity index (χ3v) is 5.66. The monoisotopic (exact) mass is 374 g/mol. The number of aromatic nitrogens is 1. The molecular formula is C17H18N4O4S. The molecule has 1 aromatic carbocycles. The number of benzene rings is 1. The molecule has 1 fully saturated rings. The summed E-state index contributed by atoms with van der Waals surface area (Å²) < 4.78 is 22.9. The predicted octanol–water partition coefficient (Wildman–Crippen LogP) is 1.64. The fourth-order valence-electron chi connectivity index (χ4n) is 2.64. The first kappa shape index (κ1) is 17.9. The highest BCUT2D eigenvalue weighted by atomic mass is 32.2. The Morgan fingerprint density at radius 2 is 1.81 bits per heavy atom. The van der Waals surface area contributed by atoms with Crippen LogP contribution in [0.4, 0.5) is 16.2 Å². The number of sulfone groups is 1. The summed E-state index contributed by atoms with van der Waals surface area (Å²) in [5, 5.41) is 7.99. The number of carbonyl (C=O) groups excluding carboxylic acids is 2. The highest BCUT2D eigenvalue weighted by Crippen LogP contribution is 2.14. The first-order valence-electron chi connectivity index (χ1n) is 8.01. The number of nitrogens with zero attached hydrogens (tertiary/aromatic N) is 1. The zero-order chi connectivity index (χ0) is 18.6. The zero-order valence-corrected chi connectivity index (χ0v) is 14.6. The van der Waals surface area contributed by atoms with Gasteiger partial charge in [0.1, 0.15) is 0 Å². The van der Waals surface area contributed by atoms with Crippen LogP contribution in [-0.2, 0) is 9.84 Å². The molecule has 1 aliphatic heterocycles. The third kappa shape index (κ3) is 4.79. The quantitative estimate of drug-likeness (QED) is 0.752. The van der Waals surface area contributed by atoms with Crippen LogP contribution in [-0.4, -0.2) is 42.9 Å². The number of pyridine rings is 1. The van der Waals surface area contributed by atoms with Crippen molar-refractivity contribution < 1.29 is 18.0 Å². The number of hydrogen-bond acceptors (Lipinski definition) is 5. The molecule has 1 aromatic heterocycles. The lowest BCUT2D eigenvalue weighted by atomic mass is 10.2. The Kier molecular flexibility index (Phi) is 5.17. The molecule has 0 spiro atoms. The maximum Gasteiger partial charge on any atom is 0.319 e. The molecule has 3 rings (SSSR count). The first-order chi connectivity index (χ1) is 12.4. The summed E-state index contributed by atoms with van der Waals surface area (Å²) in [5.74, 6) is -0.278. The standard InChI is InChI=1S/C17H18N4O4S/c22-16(19-13-4-7-18-8-5-13)12-2-1-3-14(10-12)20-17(23)21-15-6-9-26(24,25)11-15/h1-5,7-8,10,15H,6,9,11H2,(H,18,19,22)(H2,20,21,23)/t15-/m0/s1. The molecule has 0 unspecified atom stereocenters. The van der Waals surface area contributed by atoms with Crippen molar-refractivity contribution in [1.82, 2.24) is 10.3 Å². The van der Waals surface area contributed by atoms with Gasteiger partial charge in [-0.25, -0.2) is 13.2 Å². The summed E-state index contributed by atoms with van der Waals surface area (Å²) in [6.07, 6.45) is 3.55. The van der Waals surface area contributed by atoms with E-state index in [9.17, 15) is 18.0 Å². The normalized spacial score (nSPS) is 18.1. The smallest absolute Gasteiger partial charge is 0.319 e. The minimum absolute atomic E-state index is 0.0468. The predicted molar refractivity (Wildman–Crippen MR) is 97.8 cm³/mol. The van der Waals surface area contributed by atoms with E-state index in [0.29, 0.717) is 23.4 Å². The molecule has 1 aliphatic rings. The van der Waals surface area contributed by atoms with Crippen molar-refractivity contribution in [3.05, 3.63) is 54.4 Å². The zero-order valence-electron chi connectivity index (χ0n) is 13.8. The third-order valence-electron chi connectivity index (χ3n) is 3.89. The van der Waals surface area contributed by atoms with Crippen LogP contribution >= 0.6 is 0 Å². The van der Waals surface area contributed by atoms with E-state index < -0.39 is 21.9 Å². The fourth-order valence-corrected chi connectivity index (χ4v) is 4.31. The van der Waals surface area contributed by atoms with E-state index in [1.807, 2.05) is 0 Å². The second kappa shape index (κ2) is 7.52. The van der Waals surface area contributed by atoms with Crippen LogP contribution in [0, 0.1) is 0 Å². The molecule has 8 nitrogen and oxygen atoms in total. The second-order valence-corrected chi connectivity index (χ2v) is 8.20. The second-order valence-electron chi connectivity index (χ2n) is 5.97. The van der Waals surface area contributed by atoms with Crippen molar-refractivity contribution in [2.75, 3.05) is 22.1 Å². The van der Waals surface area contributed by atoms with Gasteiger partial charge in [0.2, 0.25) is 0 Å². The van der Waals surface area contributed by atoms with E-state index in [1.165, 1.54) is 0 Å². The van der Waals surface area contributed by atoms with Crippen molar-refractivity contribution >= 4 is 33.2 Å². The van der Waals surface area contributed by atoms with Crippen molar-refractivity contribution in [3.63, 3.8) is 0 Å². The SMILES string of the molecule is O=C(Nc1cccc(C(=O)Nc2ccncc2)c1)N[C@H]1CCS(=O)(=O)C1. The number of carbonyl (C=O) groups is 2. The number of urea groups is 1. The van der Waals surface area contributed by atoms with Crippen LogP contribution in [0.5, 0.6) is 0 Å². The van der Waals surface area contributed by atoms with Crippen LogP contribution < -0.4 is 16.0 Å². The molecule has 3 N–H and O–H groups in total. The molecule has 26 heavy (non-hydrogen) atoms. The number of rotatable bonds is 4. The van der Waals surface area contributed by atoms with E-state index in [-0.39, 0.29) is 17.4 Å². The summed E-state index contributed by atoms with van der Waals surface area (Å²) in [6.45, 7) is 0. The molecule has 2 aromatic rings. The lowest BCUT2D eigenvalue weighted by Crippen LogP contribution is -2.38. The topological polar surface area (TPSA) is 117 Å². The lowest BCUT2D eigenvalue weighted by Gasteiger charge is -2.12. The fraction of sp³-hybridized carbons (Fsp3) is 0.235. The highest BCUT2D eigenvalue weighted by Gasteiger charge is 2.28. The molecule has 9 heteroatoms. The average Bonchev–Trinajstić information content (AvgIpc) is 2.94. The van der Waals surface area contributed by atoms with Gasteiger partial charge in [0.15, 0.2) is 9.84 Å². The summed E-state index contributed by atoms with van der Waals surface area (Å²) in [6, 6.07) is 8.92. The summed E-state index contributed by atoms with van der Waals surface area (Å²) in [7, 11) is -3.06. The molecule has 0 radical (unpaired) electrons. The van der Waals surface area contributed by atoms with E-state index in [4.69, 9.17) is 0 Å². The molecule has 0 aliphatic carbocycles. The van der Waals surface area contributed by atoms with E-state index in [2.05, 4.69) is 20.9 Å². The Bertz CT molecular complexity index is 915. The number of hydrogen-bond donors (Lipinski definition) is 3. The molecule has 1 saturated heterocycles. The Hall–Kier alpha value is -2.94. The van der Waals surface area contributed by atoms with E-state index in [1.54, 1.807) is 48.8 Å². The van der Waals surface area contributed by atoms with Gasteiger partial charge < -0.3 is 16.0 Å². The van der Waals surface area contributed by atoms with Crippen molar-refractivity contribution in [2.24, 2.45) is 0 Å². The van der Waals surface area contributed by atoms with Gasteiger partial charge in [0.25, 0.3) is 5.91 Å². The van der Waals surface area contributed by atoms with Gasteiger partial charge in [-0.15, -0.1) is 0 Å². The summed E-state index contributed by atoms with van der Waals surface area (Å²) in [5.41, 5.74) is 1.43. The molecular weight excluding hydrogens is 356 g/mol. The lowest BCUT2D eigenvalue weighted by molar-refractivity contribution is 0.102. The number of nitrogens with one attached hydrogen (secondary N) is 3. The highest BCUT2D eigenvalue weighted by molar-refractivity contribution is 7.91. The van der Waals surface area contributed by atoms with Crippen LogP contribution in [0.25, 0.3) is 0 Å². The number of anilines is 2. The first-order valence-corrected chi connectivity index (χ1v) is 9.83. The van der Waals surface area contributed by atoms with E-state index >= 15 is 0 Å². The van der Waals surface area contributed by atoms with Crippen LogP contribution in [0.15, 0.2) is 48.8 Å². The largest absolute Gasteiger partial charge is 0.334 e. The molecule has 1 atom stereocenters. The molecule has 0 saturated carbocycles. The van der Waals surface area contributed by atoms with Crippen molar-refractivity contribution in [2.45, 2.75) is 12.5 Å². The molecule has 136 valence electrons. The number of amides is 3. The van der Waals surface area contributed by atoms with Crippen LogP contribution in [0.1, 0.15) is 16.8 Å². The molecule has 0 bridgehead atoms. The van der Waals surface area contributed by atoms with Gasteiger partial charge in [0, 0.05) is 35.4 Å². The van der Waals surface area contributed by atoms with Gasteiger partial charge in [0.05, 0.1) is 11.5 Å². The minimum Gasteiger partial charge on any atom is -0.334 e. The van der Waals surface area contributed by atoms with Gasteiger partial charge in [-0.3, -0.25) is 9.78 Å². The Morgan fingerprint density at radius 1 is 1.04 bits per heavy atom. The maximum atomic E-state index is 12.3. The van der Waals surface area contributed by atoms with Crippen LogP contribution in [0.3, 0.4) is 0 Å². The van der Waals surface area contributed by atoms with Gasteiger partial charge in [-0.05, 0) is 36.8 Å². The van der Waals surface area contributed by atoms with Gasteiger partial charge in [-0.1, -0.05) is 6.07 Å². The van der Waals surface area contributed by atoms with E-state index in [0.717, 1.165) is 0 Å². The maximum absolute atomic E-state index is 12.3. The molecule has 2 heterocycles. The van der Waals surface area contributed by atoms with Gasteiger partial charge >= 0.3 is 6.03 Å². The average molecular weight is 374 g/mol. The Morgan fingerprint density at radius 3 is 2.50 bits per heavy atom. The Balaban J connectivity index is 1.60. The summed E-state index contributed by atoms with van der Waals surface area (Å²) >= 11 is 0. The van der Waals surface area contributed by atoms with Crippen molar-refractivity contribution in [3.8, 4) is 0 Å². The Labute approximate surface area is 150 Å². The summed E-state index contributed by atoms with van der Waals surface area (Å²) in [4.78, 5) is 28.2. The van der Waals surface area contributed by atoms with Crippen molar-refractivity contribution in [1.29, 1.82) is 0 Å². The minimum atomic E-state index is -3.06. The van der Waals surface area contributed by atoms with Gasteiger partial charge in [-0.2, -0.15) is 0 Å². The molecule has 3 amide bonds. The van der Waals surface area contributed by atoms with Crippen LogP contribution in [0.2, 0.25) is 0 Å².